The molecule has 2 aliphatic carbocycles. The van der Waals surface area contributed by atoms with Gasteiger partial charge < -0.3 is 0 Å². The maximum absolute atomic E-state index is 11.4. The summed E-state index contributed by atoms with van der Waals surface area (Å²) in [5, 5.41) is 0. The Morgan fingerprint density at radius 1 is 1.29 bits per heavy atom. The Bertz CT molecular complexity index is 239. The summed E-state index contributed by atoms with van der Waals surface area (Å²) in [7, 11) is 0. The predicted octanol–water partition coefficient (Wildman–Crippen LogP) is 3.55. The molecule has 0 aliphatic heterocycles. The average molecular weight is 210 g/mol. The number of carbonyl (C=O) groups excluding carboxylic acids is 1. The fourth-order valence-corrected chi connectivity index (χ4v) is 3.52. The smallest absolute Gasteiger partial charge is 0.169 e. The number of thioether (sulfide) groups is 1. The lowest BCUT2D eigenvalue weighted by Gasteiger charge is -2.20. The van der Waals surface area contributed by atoms with E-state index in [1.54, 1.807) is 0 Å². The van der Waals surface area contributed by atoms with Gasteiger partial charge in [0.25, 0.3) is 0 Å². The van der Waals surface area contributed by atoms with Gasteiger partial charge in [-0.2, -0.15) is 0 Å². The van der Waals surface area contributed by atoms with Crippen molar-refractivity contribution in [2.75, 3.05) is 5.75 Å². The third-order valence-corrected chi connectivity index (χ3v) is 4.52. The fourth-order valence-electron chi connectivity index (χ4n) is 2.27. The SMILES string of the molecule is O=C1CCC=C1SCC1CCCCC1. The molecule has 0 radical (unpaired) electrons. The van der Waals surface area contributed by atoms with E-state index in [-0.39, 0.29) is 0 Å². The molecule has 0 bridgehead atoms. The highest BCUT2D eigenvalue weighted by Crippen LogP contribution is 2.32. The van der Waals surface area contributed by atoms with Gasteiger partial charge in [-0.1, -0.05) is 25.3 Å². The van der Waals surface area contributed by atoms with Crippen LogP contribution in [0.3, 0.4) is 0 Å². The highest BCUT2D eigenvalue weighted by Gasteiger charge is 2.18. The van der Waals surface area contributed by atoms with Crippen LogP contribution in [0.4, 0.5) is 0 Å². The van der Waals surface area contributed by atoms with Gasteiger partial charge >= 0.3 is 0 Å². The summed E-state index contributed by atoms with van der Waals surface area (Å²) < 4.78 is 0. The lowest BCUT2D eigenvalue weighted by atomic mass is 9.91. The molecule has 2 rings (SSSR count). The summed E-state index contributed by atoms with van der Waals surface area (Å²) in [5.41, 5.74) is 0. The van der Waals surface area contributed by atoms with E-state index in [0.717, 1.165) is 23.7 Å². The summed E-state index contributed by atoms with van der Waals surface area (Å²) in [4.78, 5) is 12.4. The summed E-state index contributed by atoms with van der Waals surface area (Å²) in [6.45, 7) is 0. The Morgan fingerprint density at radius 3 is 2.71 bits per heavy atom. The zero-order valence-corrected chi connectivity index (χ0v) is 9.44. The second-order valence-electron chi connectivity index (χ2n) is 4.35. The van der Waals surface area contributed by atoms with Gasteiger partial charge in [0.05, 0.1) is 0 Å². The van der Waals surface area contributed by atoms with Crippen molar-refractivity contribution in [3.05, 3.63) is 11.0 Å². The van der Waals surface area contributed by atoms with Crippen molar-refractivity contribution in [3.63, 3.8) is 0 Å². The van der Waals surface area contributed by atoms with Crippen LogP contribution in [0.5, 0.6) is 0 Å². The highest BCUT2D eigenvalue weighted by molar-refractivity contribution is 8.04. The second-order valence-corrected chi connectivity index (χ2v) is 5.41. The van der Waals surface area contributed by atoms with Crippen LogP contribution in [0.2, 0.25) is 0 Å². The van der Waals surface area contributed by atoms with Gasteiger partial charge in [0.15, 0.2) is 5.78 Å². The van der Waals surface area contributed by atoms with Gasteiger partial charge in [0.1, 0.15) is 0 Å². The van der Waals surface area contributed by atoms with E-state index in [9.17, 15) is 4.79 Å². The van der Waals surface area contributed by atoms with Crippen LogP contribution in [-0.4, -0.2) is 11.5 Å². The Labute approximate surface area is 90.3 Å². The standard InChI is InChI=1S/C12H18OS/c13-11-7-4-8-12(11)14-9-10-5-2-1-3-6-10/h8,10H,1-7,9H2. The molecule has 0 heterocycles. The average Bonchev–Trinajstić information content (AvgIpc) is 2.63. The van der Waals surface area contributed by atoms with Crippen molar-refractivity contribution < 1.29 is 4.79 Å². The van der Waals surface area contributed by atoms with Crippen molar-refractivity contribution in [1.29, 1.82) is 0 Å². The second kappa shape index (κ2) is 5.01. The Hall–Kier alpha value is -0.240. The van der Waals surface area contributed by atoms with E-state index in [0.29, 0.717) is 5.78 Å². The Morgan fingerprint density at radius 2 is 2.07 bits per heavy atom. The molecule has 0 aromatic rings. The lowest BCUT2D eigenvalue weighted by molar-refractivity contribution is -0.114. The molecule has 1 nitrogen and oxygen atoms in total. The molecule has 0 amide bonds. The number of allylic oxidation sites excluding steroid dienone is 2. The van der Waals surface area contributed by atoms with E-state index < -0.39 is 0 Å². The molecule has 1 fully saturated rings. The number of ketones is 1. The first kappa shape index (κ1) is 10.3. The lowest BCUT2D eigenvalue weighted by Crippen LogP contribution is -2.09. The van der Waals surface area contributed by atoms with Crippen LogP contribution >= 0.6 is 11.8 Å². The first-order chi connectivity index (χ1) is 6.86. The van der Waals surface area contributed by atoms with E-state index in [1.165, 1.54) is 37.9 Å². The highest BCUT2D eigenvalue weighted by atomic mass is 32.2. The number of hydrogen-bond acceptors (Lipinski definition) is 2. The van der Waals surface area contributed by atoms with Crippen LogP contribution in [0.25, 0.3) is 0 Å². The first-order valence-corrected chi connectivity index (χ1v) is 6.71. The molecule has 0 unspecified atom stereocenters. The van der Waals surface area contributed by atoms with Gasteiger partial charge in [0, 0.05) is 17.1 Å². The van der Waals surface area contributed by atoms with E-state index >= 15 is 0 Å². The summed E-state index contributed by atoms with van der Waals surface area (Å²) in [6, 6.07) is 0. The third kappa shape index (κ3) is 2.63. The Kier molecular flexibility index (Phi) is 3.68. The largest absolute Gasteiger partial charge is 0.294 e. The molecule has 2 heteroatoms. The number of Topliss-reactive ketones (excluding diaryl/α,β-unsaturated/α-hetero) is 1. The number of carbonyl (C=O) groups is 1. The normalized spacial score (nSPS) is 24.0. The van der Waals surface area contributed by atoms with Crippen LogP contribution < -0.4 is 0 Å². The summed E-state index contributed by atoms with van der Waals surface area (Å²) in [6.07, 6.45) is 10.8. The van der Waals surface area contributed by atoms with Crippen molar-refractivity contribution in [2.45, 2.75) is 44.9 Å². The molecule has 78 valence electrons. The topological polar surface area (TPSA) is 17.1 Å². The minimum Gasteiger partial charge on any atom is -0.294 e. The minimum atomic E-state index is 0.380. The molecule has 1 saturated carbocycles. The van der Waals surface area contributed by atoms with Gasteiger partial charge in [0.2, 0.25) is 0 Å². The zero-order valence-electron chi connectivity index (χ0n) is 8.63. The summed E-state index contributed by atoms with van der Waals surface area (Å²) in [5.74, 6) is 2.44. The molecule has 2 aliphatic rings. The first-order valence-electron chi connectivity index (χ1n) is 5.72. The Balaban J connectivity index is 1.73. The quantitative estimate of drug-likeness (QED) is 0.708. The van der Waals surface area contributed by atoms with Gasteiger partial charge in [-0.05, 0) is 25.2 Å². The maximum Gasteiger partial charge on any atom is 0.169 e. The van der Waals surface area contributed by atoms with Crippen LogP contribution in [0, 0.1) is 5.92 Å². The molecule has 0 aromatic carbocycles. The van der Waals surface area contributed by atoms with Crippen molar-refractivity contribution in [1.82, 2.24) is 0 Å². The molecule has 0 atom stereocenters. The van der Waals surface area contributed by atoms with Crippen molar-refractivity contribution in [3.8, 4) is 0 Å². The van der Waals surface area contributed by atoms with E-state index in [4.69, 9.17) is 0 Å². The number of rotatable bonds is 3. The maximum atomic E-state index is 11.4. The predicted molar refractivity (Wildman–Crippen MR) is 61.4 cm³/mol. The zero-order chi connectivity index (χ0) is 9.80. The molecule has 0 aromatic heterocycles. The van der Waals surface area contributed by atoms with Gasteiger partial charge in [-0.25, -0.2) is 0 Å². The monoisotopic (exact) mass is 210 g/mol. The fraction of sp³-hybridized carbons (Fsp3) is 0.750. The van der Waals surface area contributed by atoms with Crippen LogP contribution in [-0.2, 0) is 4.79 Å². The molecule has 0 spiro atoms. The molecular weight excluding hydrogens is 192 g/mol. The van der Waals surface area contributed by atoms with Crippen LogP contribution in [0.1, 0.15) is 44.9 Å². The van der Waals surface area contributed by atoms with Crippen molar-refractivity contribution in [2.24, 2.45) is 5.92 Å². The van der Waals surface area contributed by atoms with Gasteiger partial charge in [-0.15, -0.1) is 11.8 Å². The molecular formula is C12H18OS. The summed E-state index contributed by atoms with van der Waals surface area (Å²) >= 11 is 1.81. The molecule has 0 saturated heterocycles. The minimum absolute atomic E-state index is 0.380. The molecule has 14 heavy (non-hydrogen) atoms. The number of hydrogen-bond donors (Lipinski definition) is 0. The van der Waals surface area contributed by atoms with Gasteiger partial charge in [-0.3, -0.25) is 4.79 Å². The van der Waals surface area contributed by atoms with Crippen molar-refractivity contribution >= 4 is 17.5 Å². The van der Waals surface area contributed by atoms with E-state index in [1.807, 2.05) is 11.8 Å². The van der Waals surface area contributed by atoms with Crippen LogP contribution in [0.15, 0.2) is 11.0 Å². The molecule has 0 N–H and O–H groups in total. The third-order valence-electron chi connectivity index (χ3n) is 3.18. The van der Waals surface area contributed by atoms with E-state index in [2.05, 4.69) is 6.08 Å².